The summed E-state index contributed by atoms with van der Waals surface area (Å²) in [4.78, 5) is 27.2. The normalized spacial score (nSPS) is 27.1. The number of fused-ring (bicyclic) bond motifs is 1. The van der Waals surface area contributed by atoms with Gasteiger partial charge in [-0.05, 0) is 43.7 Å². The number of carbonyl (C=O) groups is 2. The number of rotatable bonds is 5. The summed E-state index contributed by atoms with van der Waals surface area (Å²) in [6.45, 7) is 4.37. The van der Waals surface area contributed by atoms with Crippen molar-refractivity contribution in [1.82, 2.24) is 4.90 Å². The number of carbonyl (C=O) groups excluding carboxylic acids is 2. The molecule has 4 rings (SSSR count). The Hall–Kier alpha value is -2.86. The van der Waals surface area contributed by atoms with Crippen molar-refractivity contribution in [3.05, 3.63) is 71.3 Å². The quantitative estimate of drug-likeness (QED) is 0.741. The second-order valence-corrected chi connectivity index (χ2v) is 8.49. The molecule has 1 saturated carbocycles. The SMILES string of the molecule is CCOC(=O)[C@@H]1[C@H]2CCC(O)(c3ccc(C)cc3)[C@H]2CN1C(=O)OCc1ccccc1. The van der Waals surface area contributed by atoms with Crippen LogP contribution in [0.15, 0.2) is 54.6 Å². The van der Waals surface area contributed by atoms with Crippen molar-refractivity contribution in [2.24, 2.45) is 11.8 Å². The zero-order valence-corrected chi connectivity index (χ0v) is 18.0. The van der Waals surface area contributed by atoms with Gasteiger partial charge in [0.05, 0.1) is 12.2 Å². The predicted molar refractivity (Wildman–Crippen MR) is 115 cm³/mol. The van der Waals surface area contributed by atoms with Gasteiger partial charge in [0.2, 0.25) is 0 Å². The van der Waals surface area contributed by atoms with Gasteiger partial charge in [-0.15, -0.1) is 0 Å². The number of aryl methyl sites for hydroxylation is 1. The minimum atomic E-state index is -1.09. The van der Waals surface area contributed by atoms with Crippen LogP contribution in [-0.4, -0.2) is 41.3 Å². The Morgan fingerprint density at radius 1 is 1.10 bits per heavy atom. The number of likely N-dealkylation sites (tertiary alicyclic amines) is 1. The van der Waals surface area contributed by atoms with Crippen LogP contribution in [0.25, 0.3) is 0 Å². The van der Waals surface area contributed by atoms with E-state index in [4.69, 9.17) is 9.47 Å². The average molecular weight is 424 g/mol. The molecule has 31 heavy (non-hydrogen) atoms. The largest absolute Gasteiger partial charge is 0.464 e. The summed E-state index contributed by atoms with van der Waals surface area (Å²) in [5.41, 5.74) is 1.73. The highest BCUT2D eigenvalue weighted by Gasteiger charge is 2.60. The van der Waals surface area contributed by atoms with Crippen molar-refractivity contribution in [2.75, 3.05) is 13.2 Å². The minimum Gasteiger partial charge on any atom is -0.464 e. The first-order chi connectivity index (χ1) is 14.9. The maximum absolute atomic E-state index is 13.0. The van der Waals surface area contributed by atoms with Crippen LogP contribution < -0.4 is 0 Å². The van der Waals surface area contributed by atoms with Gasteiger partial charge in [-0.2, -0.15) is 0 Å². The number of hydrogen-bond acceptors (Lipinski definition) is 5. The first kappa shape index (κ1) is 21.4. The maximum atomic E-state index is 13.0. The number of nitrogens with zero attached hydrogens (tertiary/aromatic N) is 1. The number of amides is 1. The lowest BCUT2D eigenvalue weighted by Crippen LogP contribution is -2.44. The molecule has 0 bridgehead atoms. The van der Waals surface area contributed by atoms with Gasteiger partial charge < -0.3 is 14.6 Å². The fourth-order valence-corrected chi connectivity index (χ4v) is 5.07. The third-order valence-corrected chi connectivity index (χ3v) is 6.64. The highest BCUT2D eigenvalue weighted by Crippen LogP contribution is 2.53. The summed E-state index contributed by atoms with van der Waals surface area (Å²) in [6.07, 6.45) is 0.636. The standard InChI is InChI=1S/C25H29NO5/c1-3-30-23(27)22-20-13-14-25(29,19-11-9-17(2)10-12-19)21(20)15-26(22)24(28)31-16-18-7-5-4-6-8-18/h4-12,20-22,29H,3,13-16H2,1-2H3/t20-,21-,22-,25?/m0/s1. The first-order valence-electron chi connectivity index (χ1n) is 10.9. The smallest absolute Gasteiger partial charge is 0.410 e. The van der Waals surface area contributed by atoms with Gasteiger partial charge in [-0.25, -0.2) is 9.59 Å². The van der Waals surface area contributed by atoms with E-state index in [2.05, 4.69) is 0 Å². The Bertz CT molecular complexity index is 929. The van der Waals surface area contributed by atoms with E-state index in [0.717, 1.165) is 16.7 Å². The molecule has 1 unspecified atom stereocenters. The highest BCUT2D eigenvalue weighted by atomic mass is 16.6. The molecule has 4 atom stereocenters. The van der Waals surface area contributed by atoms with Crippen molar-refractivity contribution < 1.29 is 24.2 Å². The van der Waals surface area contributed by atoms with Gasteiger partial charge in [0.25, 0.3) is 0 Å². The van der Waals surface area contributed by atoms with Crippen LogP contribution in [0.2, 0.25) is 0 Å². The highest BCUT2D eigenvalue weighted by molar-refractivity contribution is 5.83. The van der Waals surface area contributed by atoms with E-state index in [9.17, 15) is 14.7 Å². The van der Waals surface area contributed by atoms with Gasteiger partial charge in [-0.1, -0.05) is 60.2 Å². The second kappa shape index (κ2) is 8.71. The molecular weight excluding hydrogens is 394 g/mol. The van der Waals surface area contributed by atoms with Crippen molar-refractivity contribution in [3.8, 4) is 0 Å². The summed E-state index contributed by atoms with van der Waals surface area (Å²) in [5.74, 6) is -0.858. The third-order valence-electron chi connectivity index (χ3n) is 6.64. The van der Waals surface area contributed by atoms with Crippen molar-refractivity contribution >= 4 is 12.1 Å². The minimum absolute atomic E-state index is 0.128. The van der Waals surface area contributed by atoms with E-state index >= 15 is 0 Å². The molecule has 2 aliphatic rings. The van der Waals surface area contributed by atoms with Crippen LogP contribution in [-0.2, 0) is 26.5 Å². The molecule has 1 aliphatic carbocycles. The molecule has 0 radical (unpaired) electrons. The van der Waals surface area contributed by atoms with Gasteiger partial charge in [-0.3, -0.25) is 4.90 Å². The lowest BCUT2D eigenvalue weighted by atomic mass is 9.81. The molecule has 164 valence electrons. The molecule has 0 aromatic heterocycles. The number of ether oxygens (including phenoxy) is 2. The number of aliphatic hydroxyl groups is 1. The molecule has 1 amide bonds. The molecule has 1 N–H and O–H groups in total. The van der Waals surface area contributed by atoms with E-state index in [0.29, 0.717) is 12.8 Å². The molecular formula is C25H29NO5. The van der Waals surface area contributed by atoms with E-state index in [-0.39, 0.29) is 31.6 Å². The second-order valence-electron chi connectivity index (χ2n) is 8.49. The van der Waals surface area contributed by atoms with Gasteiger partial charge in [0.1, 0.15) is 12.6 Å². The lowest BCUT2D eigenvalue weighted by Gasteiger charge is -2.30. The molecule has 6 nitrogen and oxygen atoms in total. The lowest BCUT2D eigenvalue weighted by molar-refractivity contribution is -0.149. The third kappa shape index (κ3) is 4.04. The van der Waals surface area contributed by atoms with Crippen LogP contribution in [0.5, 0.6) is 0 Å². The summed E-state index contributed by atoms with van der Waals surface area (Å²) < 4.78 is 10.8. The molecule has 2 fully saturated rings. The van der Waals surface area contributed by atoms with Crippen LogP contribution in [0, 0.1) is 18.8 Å². The van der Waals surface area contributed by atoms with Crippen molar-refractivity contribution in [2.45, 2.75) is 44.9 Å². The van der Waals surface area contributed by atoms with Crippen LogP contribution >= 0.6 is 0 Å². The van der Waals surface area contributed by atoms with E-state index in [1.54, 1.807) is 6.92 Å². The van der Waals surface area contributed by atoms with Gasteiger partial charge >= 0.3 is 12.1 Å². The van der Waals surface area contributed by atoms with Crippen LogP contribution in [0.4, 0.5) is 4.79 Å². The van der Waals surface area contributed by atoms with E-state index in [1.807, 2.05) is 61.5 Å². The summed E-state index contributed by atoms with van der Waals surface area (Å²) in [5, 5.41) is 11.6. The topological polar surface area (TPSA) is 76.1 Å². The number of benzene rings is 2. The van der Waals surface area contributed by atoms with Crippen LogP contribution in [0.3, 0.4) is 0 Å². The fourth-order valence-electron chi connectivity index (χ4n) is 5.07. The molecule has 6 heteroatoms. The molecule has 1 saturated heterocycles. The van der Waals surface area contributed by atoms with Gasteiger partial charge in [0, 0.05) is 12.5 Å². The molecule has 2 aromatic carbocycles. The van der Waals surface area contributed by atoms with E-state index < -0.39 is 23.7 Å². The molecule has 1 aliphatic heterocycles. The van der Waals surface area contributed by atoms with Crippen LogP contribution in [0.1, 0.15) is 36.5 Å². The maximum Gasteiger partial charge on any atom is 0.410 e. The zero-order chi connectivity index (χ0) is 22.0. The summed E-state index contributed by atoms with van der Waals surface area (Å²) in [7, 11) is 0. The fraction of sp³-hybridized carbons (Fsp3) is 0.440. The Labute approximate surface area is 182 Å². The first-order valence-corrected chi connectivity index (χ1v) is 10.9. The predicted octanol–water partition coefficient (Wildman–Crippen LogP) is 3.79. The molecule has 2 aromatic rings. The Balaban J connectivity index is 1.57. The molecule has 0 spiro atoms. The number of hydrogen-bond donors (Lipinski definition) is 1. The monoisotopic (exact) mass is 423 g/mol. The zero-order valence-electron chi connectivity index (χ0n) is 18.0. The Morgan fingerprint density at radius 2 is 1.81 bits per heavy atom. The van der Waals surface area contributed by atoms with Crippen molar-refractivity contribution in [1.29, 1.82) is 0 Å². The van der Waals surface area contributed by atoms with Crippen molar-refractivity contribution in [3.63, 3.8) is 0 Å². The number of esters is 1. The molecule has 1 heterocycles. The van der Waals surface area contributed by atoms with E-state index in [1.165, 1.54) is 4.90 Å². The summed E-state index contributed by atoms with van der Waals surface area (Å²) >= 11 is 0. The Morgan fingerprint density at radius 3 is 2.48 bits per heavy atom. The van der Waals surface area contributed by atoms with Gasteiger partial charge in [0.15, 0.2) is 0 Å². The Kier molecular flexibility index (Phi) is 6.01. The average Bonchev–Trinajstić information content (AvgIpc) is 3.32. The summed E-state index contributed by atoms with van der Waals surface area (Å²) in [6, 6.07) is 16.5.